The number of nitrogens with zero attached hydrogens (tertiary/aromatic N) is 4. The van der Waals surface area contributed by atoms with E-state index in [1.54, 1.807) is 46.3 Å². The van der Waals surface area contributed by atoms with E-state index in [0.717, 1.165) is 28.1 Å². The second kappa shape index (κ2) is 7.40. The molecular formula is C21H20B2FN5O. The standard InChI is InChI=1S/C21H20B2FN5O/c1-12-25-11-18(29(12)2)16-8-3-13-10-26-19(9-17(13)27-16)28-20(30)21(22,23)14-4-6-15(24)7-5-14/h3-11H,22-23H2,1-2H3,(H,26,28,30). The molecule has 0 saturated carbocycles. The number of nitrogens with one attached hydrogen (secondary N) is 1. The molecule has 1 N–H and O–H groups in total. The molecule has 1 amide bonds. The minimum atomic E-state index is -0.855. The zero-order valence-electron chi connectivity index (χ0n) is 17.3. The van der Waals surface area contributed by atoms with Gasteiger partial charge in [-0.3, -0.25) is 4.79 Å². The number of hydrogen-bond acceptors (Lipinski definition) is 4. The summed E-state index contributed by atoms with van der Waals surface area (Å²) >= 11 is 0. The van der Waals surface area contributed by atoms with Crippen LogP contribution in [0.1, 0.15) is 11.4 Å². The number of fused-ring (bicyclic) bond motifs is 1. The zero-order chi connectivity index (χ0) is 21.5. The van der Waals surface area contributed by atoms with Gasteiger partial charge in [0, 0.05) is 29.9 Å². The molecule has 0 spiro atoms. The Bertz CT molecular complexity index is 1250. The summed E-state index contributed by atoms with van der Waals surface area (Å²) in [7, 11) is 5.52. The molecule has 4 rings (SSSR count). The van der Waals surface area contributed by atoms with Gasteiger partial charge in [-0.2, -0.15) is 0 Å². The Balaban J connectivity index is 1.63. The highest BCUT2D eigenvalue weighted by atomic mass is 19.1. The van der Waals surface area contributed by atoms with Crippen LogP contribution in [0.2, 0.25) is 0 Å². The fraction of sp³-hybridized carbons (Fsp3) is 0.143. The molecule has 0 unspecified atom stereocenters. The van der Waals surface area contributed by atoms with Crippen LogP contribution in [0.15, 0.2) is 54.9 Å². The number of carbonyl (C=O) groups is 1. The summed E-state index contributed by atoms with van der Waals surface area (Å²) in [5.74, 6) is 0.738. The molecule has 30 heavy (non-hydrogen) atoms. The molecule has 0 radical (unpaired) electrons. The number of amides is 1. The third-order valence-corrected chi connectivity index (χ3v) is 5.43. The highest BCUT2D eigenvalue weighted by molar-refractivity contribution is 6.52. The van der Waals surface area contributed by atoms with Crippen LogP contribution in [-0.4, -0.2) is 41.1 Å². The normalized spacial score (nSPS) is 11.6. The van der Waals surface area contributed by atoms with E-state index in [1.807, 2.05) is 30.7 Å². The lowest BCUT2D eigenvalue weighted by atomic mass is 9.50. The summed E-state index contributed by atoms with van der Waals surface area (Å²) in [5.41, 5.74) is 3.14. The molecule has 0 fully saturated rings. The van der Waals surface area contributed by atoms with E-state index in [-0.39, 0.29) is 11.7 Å². The maximum atomic E-state index is 13.2. The first-order valence-corrected chi connectivity index (χ1v) is 9.59. The Labute approximate surface area is 175 Å². The first-order valence-electron chi connectivity index (χ1n) is 9.59. The highest BCUT2D eigenvalue weighted by Crippen LogP contribution is 2.24. The summed E-state index contributed by atoms with van der Waals surface area (Å²) in [6.07, 6.45) is 3.47. The number of carbonyl (C=O) groups excluding carboxylic acids is 1. The zero-order valence-corrected chi connectivity index (χ0v) is 17.3. The van der Waals surface area contributed by atoms with Crippen molar-refractivity contribution in [2.24, 2.45) is 7.05 Å². The average molecular weight is 399 g/mol. The van der Waals surface area contributed by atoms with E-state index in [1.165, 1.54) is 12.1 Å². The number of rotatable bonds is 4. The van der Waals surface area contributed by atoms with Crippen molar-refractivity contribution in [3.05, 3.63) is 72.1 Å². The van der Waals surface area contributed by atoms with E-state index >= 15 is 0 Å². The van der Waals surface area contributed by atoms with Crippen LogP contribution in [-0.2, 0) is 17.1 Å². The number of hydrogen-bond donors (Lipinski definition) is 1. The SMILES string of the molecule is BC(B)(C(=O)Nc1cc2nc(-c3cnc(C)n3C)ccc2cn1)c1ccc(F)cc1. The van der Waals surface area contributed by atoms with Crippen LogP contribution in [0.25, 0.3) is 22.3 Å². The highest BCUT2D eigenvalue weighted by Gasteiger charge is 2.30. The lowest BCUT2D eigenvalue weighted by molar-refractivity contribution is -0.117. The van der Waals surface area contributed by atoms with Crippen molar-refractivity contribution in [3.63, 3.8) is 0 Å². The maximum absolute atomic E-state index is 13.2. The average Bonchev–Trinajstić information content (AvgIpc) is 3.06. The lowest BCUT2D eigenvalue weighted by Crippen LogP contribution is -2.41. The molecule has 148 valence electrons. The minimum Gasteiger partial charge on any atom is -0.330 e. The third-order valence-electron chi connectivity index (χ3n) is 5.43. The van der Waals surface area contributed by atoms with Crippen molar-refractivity contribution in [3.8, 4) is 11.4 Å². The summed E-state index contributed by atoms with van der Waals surface area (Å²) in [5, 5.41) is 2.87. The van der Waals surface area contributed by atoms with Crippen molar-refractivity contribution >= 4 is 38.3 Å². The first-order chi connectivity index (χ1) is 14.3. The number of aromatic nitrogens is 4. The molecule has 6 nitrogen and oxygen atoms in total. The summed E-state index contributed by atoms with van der Waals surface area (Å²) in [6.45, 7) is 1.94. The van der Waals surface area contributed by atoms with Crippen LogP contribution < -0.4 is 5.32 Å². The Morgan fingerprint density at radius 2 is 1.83 bits per heavy atom. The van der Waals surface area contributed by atoms with Gasteiger partial charge in [0.2, 0.25) is 5.91 Å². The molecule has 9 heteroatoms. The Morgan fingerprint density at radius 3 is 2.50 bits per heavy atom. The Kier molecular flexibility index (Phi) is 4.89. The summed E-state index contributed by atoms with van der Waals surface area (Å²) in [6, 6.07) is 11.6. The molecule has 3 heterocycles. The number of halogens is 1. The molecule has 0 atom stereocenters. The molecule has 0 aliphatic heterocycles. The predicted octanol–water partition coefficient (Wildman–Crippen LogP) is 1.54. The fourth-order valence-corrected chi connectivity index (χ4v) is 3.24. The summed E-state index contributed by atoms with van der Waals surface area (Å²) in [4.78, 5) is 26.3. The smallest absolute Gasteiger partial charge is 0.220 e. The molecule has 1 aromatic carbocycles. The van der Waals surface area contributed by atoms with Crippen LogP contribution >= 0.6 is 0 Å². The fourth-order valence-electron chi connectivity index (χ4n) is 3.24. The van der Waals surface area contributed by atoms with Crippen LogP contribution in [0.3, 0.4) is 0 Å². The van der Waals surface area contributed by atoms with Crippen molar-refractivity contribution in [1.29, 1.82) is 0 Å². The molecule has 4 aromatic rings. The van der Waals surface area contributed by atoms with Crippen LogP contribution in [0.4, 0.5) is 10.2 Å². The van der Waals surface area contributed by atoms with Gasteiger partial charge in [0.25, 0.3) is 0 Å². The topological polar surface area (TPSA) is 72.7 Å². The molecule has 3 aromatic heterocycles. The van der Waals surface area contributed by atoms with E-state index in [4.69, 9.17) is 4.98 Å². The third kappa shape index (κ3) is 3.58. The van der Waals surface area contributed by atoms with Gasteiger partial charge >= 0.3 is 0 Å². The summed E-state index contributed by atoms with van der Waals surface area (Å²) < 4.78 is 15.2. The van der Waals surface area contributed by atoms with Crippen molar-refractivity contribution < 1.29 is 9.18 Å². The molecule has 0 saturated heterocycles. The van der Waals surface area contributed by atoms with Crippen molar-refractivity contribution in [2.45, 2.75) is 12.1 Å². The molecular weight excluding hydrogens is 379 g/mol. The number of benzene rings is 1. The van der Waals surface area contributed by atoms with Crippen molar-refractivity contribution in [1.82, 2.24) is 19.5 Å². The van der Waals surface area contributed by atoms with Crippen LogP contribution in [0, 0.1) is 12.7 Å². The molecule has 0 aliphatic rings. The van der Waals surface area contributed by atoms with Gasteiger partial charge in [0.15, 0.2) is 0 Å². The van der Waals surface area contributed by atoms with Crippen molar-refractivity contribution in [2.75, 3.05) is 5.32 Å². The van der Waals surface area contributed by atoms with E-state index in [0.29, 0.717) is 11.4 Å². The second-order valence-corrected chi connectivity index (χ2v) is 7.79. The molecule has 0 aliphatic carbocycles. The van der Waals surface area contributed by atoms with Gasteiger partial charge in [-0.15, -0.1) is 0 Å². The van der Waals surface area contributed by atoms with Gasteiger partial charge < -0.3 is 9.88 Å². The van der Waals surface area contributed by atoms with E-state index in [9.17, 15) is 9.18 Å². The van der Waals surface area contributed by atoms with Crippen LogP contribution in [0.5, 0.6) is 0 Å². The van der Waals surface area contributed by atoms with Gasteiger partial charge in [-0.1, -0.05) is 12.1 Å². The Morgan fingerprint density at radius 1 is 1.10 bits per heavy atom. The van der Waals surface area contributed by atoms with Gasteiger partial charge in [0.1, 0.15) is 33.2 Å². The minimum absolute atomic E-state index is 0.237. The van der Waals surface area contributed by atoms with Gasteiger partial charge in [0.05, 0.1) is 23.1 Å². The number of pyridine rings is 2. The largest absolute Gasteiger partial charge is 0.330 e. The monoisotopic (exact) mass is 399 g/mol. The van der Waals surface area contributed by atoms with Gasteiger partial charge in [-0.25, -0.2) is 19.3 Å². The number of anilines is 1. The Hall–Kier alpha value is -3.48. The van der Waals surface area contributed by atoms with E-state index in [2.05, 4.69) is 15.3 Å². The lowest BCUT2D eigenvalue weighted by Gasteiger charge is -2.24. The quantitative estimate of drug-likeness (QED) is 0.529. The maximum Gasteiger partial charge on any atom is 0.220 e. The number of aryl methyl sites for hydroxylation is 1. The van der Waals surface area contributed by atoms with Gasteiger partial charge in [-0.05, 0) is 36.8 Å². The second-order valence-electron chi connectivity index (χ2n) is 7.79. The first kappa shape index (κ1) is 19.8. The predicted molar refractivity (Wildman–Crippen MR) is 120 cm³/mol. The van der Waals surface area contributed by atoms with E-state index < -0.39 is 5.21 Å². The molecule has 0 bridgehead atoms. The number of imidazole rings is 1.